The lowest BCUT2D eigenvalue weighted by Crippen LogP contribution is -2.35. The van der Waals surface area contributed by atoms with Gasteiger partial charge in [0.25, 0.3) is 11.8 Å². The number of methoxy groups -OCH3 is 1. The Hall–Kier alpha value is -4.79. The fourth-order valence-corrected chi connectivity index (χ4v) is 5.72. The standard InChI is InChI=1S/C32H29N3O6/c1-3-8-25(41-27-16-24-22(15-26(27)40-2)32(39)35-14-7-9-18(35)17-33-24)31(38)34-23-13-6-12-21-28(23)30(37)20-11-5-4-10-19(20)29(21)36/h4-6,10-13,15-18,25H,3,7-9,14H2,1-2H3,(H,34,38)/t18-,25?/m0/s1. The largest absolute Gasteiger partial charge is 0.493 e. The first-order chi connectivity index (χ1) is 19.9. The van der Waals surface area contributed by atoms with Crippen molar-refractivity contribution in [2.24, 2.45) is 4.99 Å². The van der Waals surface area contributed by atoms with E-state index < -0.39 is 12.0 Å². The van der Waals surface area contributed by atoms with Crippen LogP contribution in [0.1, 0.15) is 74.8 Å². The van der Waals surface area contributed by atoms with Gasteiger partial charge in [-0.3, -0.25) is 24.2 Å². The molecule has 208 valence electrons. The van der Waals surface area contributed by atoms with E-state index in [-0.39, 0.29) is 46.1 Å². The van der Waals surface area contributed by atoms with Crippen molar-refractivity contribution < 1.29 is 28.7 Å². The van der Waals surface area contributed by atoms with Crippen LogP contribution in [0.5, 0.6) is 11.5 Å². The van der Waals surface area contributed by atoms with Gasteiger partial charge < -0.3 is 19.7 Å². The molecule has 0 saturated carbocycles. The summed E-state index contributed by atoms with van der Waals surface area (Å²) in [6.45, 7) is 2.61. The van der Waals surface area contributed by atoms with Gasteiger partial charge in [0.05, 0.1) is 35.7 Å². The Labute approximate surface area is 237 Å². The number of carbonyl (C=O) groups excluding carboxylic acids is 4. The first-order valence-electron chi connectivity index (χ1n) is 13.8. The SMILES string of the molecule is CCCC(Oc1cc2c(cc1OC)C(=O)N1CCC[C@H]1C=N2)C(=O)Nc1cccc2c1C(=O)c1ccccc1C2=O. The molecule has 2 amide bonds. The van der Waals surface area contributed by atoms with Crippen LogP contribution in [0.3, 0.4) is 0 Å². The van der Waals surface area contributed by atoms with Gasteiger partial charge in [0.2, 0.25) is 0 Å². The Bertz CT molecular complexity index is 1630. The zero-order valence-corrected chi connectivity index (χ0v) is 22.8. The molecule has 41 heavy (non-hydrogen) atoms. The molecule has 0 spiro atoms. The van der Waals surface area contributed by atoms with Crippen molar-refractivity contribution in [3.05, 3.63) is 82.4 Å². The summed E-state index contributed by atoms with van der Waals surface area (Å²) in [7, 11) is 1.48. The molecule has 3 aromatic carbocycles. The van der Waals surface area contributed by atoms with Crippen molar-refractivity contribution in [3.8, 4) is 11.5 Å². The van der Waals surface area contributed by atoms with Crippen molar-refractivity contribution in [1.82, 2.24) is 4.90 Å². The molecule has 0 bridgehead atoms. The molecule has 2 aliphatic heterocycles. The lowest BCUT2D eigenvalue weighted by Gasteiger charge is -2.23. The van der Waals surface area contributed by atoms with E-state index in [0.717, 1.165) is 12.8 Å². The number of rotatable bonds is 7. The zero-order valence-electron chi connectivity index (χ0n) is 22.8. The van der Waals surface area contributed by atoms with Gasteiger partial charge >= 0.3 is 0 Å². The van der Waals surface area contributed by atoms with Crippen LogP contribution >= 0.6 is 0 Å². The smallest absolute Gasteiger partial charge is 0.265 e. The van der Waals surface area contributed by atoms with Crippen molar-refractivity contribution in [2.45, 2.75) is 44.8 Å². The predicted molar refractivity (Wildman–Crippen MR) is 153 cm³/mol. The first kappa shape index (κ1) is 26.4. The van der Waals surface area contributed by atoms with Crippen LogP contribution in [0.4, 0.5) is 11.4 Å². The fraction of sp³-hybridized carbons (Fsp3) is 0.281. The Kier molecular flexibility index (Phi) is 6.86. The summed E-state index contributed by atoms with van der Waals surface area (Å²) >= 11 is 0. The highest BCUT2D eigenvalue weighted by atomic mass is 16.5. The number of anilines is 1. The molecule has 2 heterocycles. The van der Waals surface area contributed by atoms with Gasteiger partial charge in [-0.1, -0.05) is 49.7 Å². The molecule has 1 aliphatic carbocycles. The number of ketones is 2. The summed E-state index contributed by atoms with van der Waals surface area (Å²) < 4.78 is 11.8. The second-order valence-corrected chi connectivity index (χ2v) is 10.3. The number of aliphatic imine (C=N–C) groups is 1. The van der Waals surface area contributed by atoms with E-state index in [1.807, 2.05) is 11.8 Å². The molecular weight excluding hydrogens is 522 g/mol. The maximum absolute atomic E-state index is 13.6. The van der Waals surface area contributed by atoms with Gasteiger partial charge in [-0.2, -0.15) is 0 Å². The molecule has 6 rings (SSSR count). The van der Waals surface area contributed by atoms with Crippen LogP contribution in [-0.4, -0.2) is 60.3 Å². The average molecular weight is 552 g/mol. The molecular formula is C32H29N3O6. The molecule has 1 saturated heterocycles. The minimum Gasteiger partial charge on any atom is -0.493 e. The van der Waals surface area contributed by atoms with Gasteiger partial charge in [-0.05, 0) is 31.4 Å². The average Bonchev–Trinajstić information content (AvgIpc) is 3.42. The Morgan fingerprint density at radius 3 is 2.51 bits per heavy atom. The maximum atomic E-state index is 13.6. The van der Waals surface area contributed by atoms with E-state index in [0.29, 0.717) is 47.5 Å². The van der Waals surface area contributed by atoms with Crippen LogP contribution in [-0.2, 0) is 4.79 Å². The van der Waals surface area contributed by atoms with Gasteiger partial charge in [0.1, 0.15) is 0 Å². The topological polar surface area (TPSA) is 114 Å². The third-order valence-electron chi connectivity index (χ3n) is 7.78. The fourth-order valence-electron chi connectivity index (χ4n) is 5.72. The van der Waals surface area contributed by atoms with E-state index in [1.165, 1.54) is 7.11 Å². The van der Waals surface area contributed by atoms with Crippen molar-refractivity contribution in [3.63, 3.8) is 0 Å². The number of hydrogen-bond donors (Lipinski definition) is 1. The van der Waals surface area contributed by atoms with Crippen LogP contribution in [0.15, 0.2) is 59.6 Å². The molecule has 1 fully saturated rings. The van der Waals surface area contributed by atoms with E-state index in [2.05, 4.69) is 10.3 Å². The first-order valence-corrected chi connectivity index (χ1v) is 13.8. The zero-order chi connectivity index (χ0) is 28.7. The molecule has 3 aliphatic rings. The number of hydrogen-bond acceptors (Lipinski definition) is 7. The number of benzene rings is 3. The van der Waals surface area contributed by atoms with Crippen LogP contribution in [0.25, 0.3) is 0 Å². The molecule has 9 heteroatoms. The van der Waals surface area contributed by atoms with Crippen molar-refractivity contribution >= 4 is 41.0 Å². The third-order valence-corrected chi connectivity index (χ3v) is 7.78. The Morgan fingerprint density at radius 1 is 1.00 bits per heavy atom. The molecule has 0 radical (unpaired) electrons. The summed E-state index contributed by atoms with van der Waals surface area (Å²) in [5.41, 5.74) is 2.18. The molecule has 2 atom stereocenters. The number of carbonyl (C=O) groups is 4. The highest BCUT2D eigenvalue weighted by Gasteiger charge is 2.34. The second-order valence-electron chi connectivity index (χ2n) is 10.3. The highest BCUT2D eigenvalue weighted by molar-refractivity contribution is 6.30. The predicted octanol–water partition coefficient (Wildman–Crippen LogP) is 4.98. The maximum Gasteiger partial charge on any atom is 0.265 e. The quantitative estimate of drug-likeness (QED) is 0.347. The molecule has 3 aromatic rings. The van der Waals surface area contributed by atoms with Gasteiger partial charge in [0, 0.05) is 35.5 Å². The third kappa shape index (κ3) is 4.57. The van der Waals surface area contributed by atoms with E-state index in [9.17, 15) is 19.2 Å². The minimum atomic E-state index is -0.946. The normalized spacial score (nSPS) is 17.7. The van der Waals surface area contributed by atoms with Crippen molar-refractivity contribution in [1.29, 1.82) is 0 Å². The van der Waals surface area contributed by atoms with Gasteiger partial charge in [-0.25, -0.2) is 0 Å². The summed E-state index contributed by atoms with van der Waals surface area (Å²) in [6, 6.07) is 14.7. The van der Waals surface area contributed by atoms with E-state index in [1.54, 1.807) is 60.8 Å². The van der Waals surface area contributed by atoms with Crippen LogP contribution < -0.4 is 14.8 Å². The summed E-state index contributed by atoms with van der Waals surface area (Å²) in [5.74, 6) is -0.582. The summed E-state index contributed by atoms with van der Waals surface area (Å²) in [4.78, 5) is 59.7. The number of fused-ring (bicyclic) bond motifs is 4. The number of nitrogens with zero attached hydrogens (tertiary/aromatic N) is 2. The lowest BCUT2D eigenvalue weighted by molar-refractivity contribution is -0.123. The highest BCUT2D eigenvalue weighted by Crippen LogP contribution is 2.39. The molecule has 0 aromatic heterocycles. The van der Waals surface area contributed by atoms with Crippen LogP contribution in [0, 0.1) is 0 Å². The summed E-state index contributed by atoms with van der Waals surface area (Å²) in [6.07, 6.45) is 3.65. The molecule has 1 N–H and O–H groups in total. The van der Waals surface area contributed by atoms with Crippen LogP contribution in [0.2, 0.25) is 0 Å². The van der Waals surface area contributed by atoms with Crippen molar-refractivity contribution in [2.75, 3.05) is 19.0 Å². The Morgan fingerprint density at radius 2 is 1.76 bits per heavy atom. The summed E-state index contributed by atoms with van der Waals surface area (Å²) in [5, 5.41) is 2.83. The number of amides is 2. The minimum absolute atomic E-state index is 0.0396. The van der Waals surface area contributed by atoms with E-state index in [4.69, 9.17) is 9.47 Å². The van der Waals surface area contributed by atoms with Gasteiger partial charge in [-0.15, -0.1) is 0 Å². The monoisotopic (exact) mass is 551 g/mol. The second kappa shape index (κ2) is 10.6. The lowest BCUT2D eigenvalue weighted by atomic mass is 9.83. The number of nitrogens with one attached hydrogen (secondary N) is 1. The van der Waals surface area contributed by atoms with Gasteiger partial charge in [0.15, 0.2) is 29.2 Å². The molecule has 1 unspecified atom stereocenters. The molecule has 9 nitrogen and oxygen atoms in total. The Balaban J connectivity index is 1.30. The van der Waals surface area contributed by atoms with E-state index >= 15 is 0 Å². The number of ether oxygens (including phenoxy) is 2.